The molecule has 3 heterocycles. The zero-order valence-corrected chi connectivity index (χ0v) is 18.3. The molecule has 0 atom stereocenters. The van der Waals surface area contributed by atoms with Gasteiger partial charge in [0.05, 0.1) is 10.9 Å². The van der Waals surface area contributed by atoms with Crippen LogP contribution in [0.5, 0.6) is 0 Å². The highest BCUT2D eigenvalue weighted by Gasteiger charge is 2.33. The number of halogens is 1. The number of nitrogens with two attached hydrogens (primary N) is 1. The van der Waals surface area contributed by atoms with Gasteiger partial charge in [0.2, 0.25) is 5.91 Å². The molecule has 6 nitrogen and oxygen atoms in total. The van der Waals surface area contributed by atoms with Crippen molar-refractivity contribution in [2.45, 2.75) is 5.41 Å². The molecule has 5 rings (SSSR count). The van der Waals surface area contributed by atoms with E-state index in [4.69, 9.17) is 17.3 Å². The van der Waals surface area contributed by atoms with E-state index >= 15 is 0 Å². The number of piperazine rings is 1. The van der Waals surface area contributed by atoms with E-state index in [0.29, 0.717) is 5.02 Å². The Bertz CT molecular complexity index is 1190. The molecule has 0 bridgehead atoms. The van der Waals surface area contributed by atoms with Crippen molar-refractivity contribution in [3.63, 3.8) is 0 Å². The molecule has 0 unspecified atom stereocenters. The summed E-state index contributed by atoms with van der Waals surface area (Å²) in [5.74, 6) is -0.693. The molecule has 3 aromatic rings. The number of carbonyl (C=O) groups excluding carboxylic acids is 1. The lowest BCUT2D eigenvalue weighted by atomic mass is 9.75. The number of benzene rings is 1. The van der Waals surface area contributed by atoms with Crippen LogP contribution in [0.15, 0.2) is 54.8 Å². The number of hydrogen-bond acceptors (Lipinski definition) is 4. The number of aromatic nitrogens is 2. The maximum Gasteiger partial charge on any atom is 0.228 e. The molecule has 160 valence electrons. The Kier molecular flexibility index (Phi) is 5.08. The average Bonchev–Trinajstić information content (AvgIpc) is 3.15. The van der Waals surface area contributed by atoms with Crippen LogP contribution in [0.3, 0.4) is 0 Å². The molecule has 1 fully saturated rings. The molecule has 1 aliphatic carbocycles. The highest BCUT2D eigenvalue weighted by Crippen LogP contribution is 2.37. The predicted molar refractivity (Wildman–Crippen MR) is 125 cm³/mol. The number of rotatable bonds is 4. The lowest BCUT2D eigenvalue weighted by molar-refractivity contribution is -0.119. The van der Waals surface area contributed by atoms with Crippen molar-refractivity contribution in [1.82, 2.24) is 19.8 Å². The van der Waals surface area contributed by atoms with Gasteiger partial charge in [0, 0.05) is 60.6 Å². The summed E-state index contributed by atoms with van der Waals surface area (Å²) in [5.41, 5.74) is 8.17. The fraction of sp³-hybridized carbons (Fsp3) is 0.333. The van der Waals surface area contributed by atoms with Crippen LogP contribution in [0.4, 0.5) is 0 Å². The van der Waals surface area contributed by atoms with Gasteiger partial charge in [-0.1, -0.05) is 42.0 Å². The van der Waals surface area contributed by atoms with Crippen LogP contribution in [-0.2, 0) is 10.2 Å². The van der Waals surface area contributed by atoms with E-state index in [9.17, 15) is 4.79 Å². The van der Waals surface area contributed by atoms with Crippen LogP contribution in [0.2, 0.25) is 5.02 Å². The van der Waals surface area contributed by atoms with E-state index in [1.54, 1.807) is 6.20 Å². The largest absolute Gasteiger partial charge is 0.369 e. The molecule has 1 saturated heterocycles. The molecule has 0 saturated carbocycles. The molecule has 2 aromatic heterocycles. The van der Waals surface area contributed by atoms with Gasteiger partial charge in [-0.15, -0.1) is 0 Å². The van der Waals surface area contributed by atoms with E-state index < -0.39 is 0 Å². The SMILES string of the molecule is CN1CCN(CC2(c3ccc4[nH]c5nccc(Cl)c5c4c3)C=CC(C(N)=O)C=C2)CC1. The van der Waals surface area contributed by atoms with Crippen molar-refractivity contribution in [3.05, 3.63) is 65.4 Å². The summed E-state index contributed by atoms with van der Waals surface area (Å²) >= 11 is 6.52. The molecule has 7 heteroatoms. The number of amides is 1. The van der Waals surface area contributed by atoms with Gasteiger partial charge in [0.25, 0.3) is 0 Å². The summed E-state index contributed by atoms with van der Waals surface area (Å²) in [6.07, 6.45) is 9.89. The van der Waals surface area contributed by atoms with Crippen LogP contribution >= 0.6 is 11.6 Å². The molecule has 31 heavy (non-hydrogen) atoms. The molecule has 0 radical (unpaired) electrons. The number of pyridine rings is 1. The molecular formula is C24H26ClN5O. The number of carbonyl (C=O) groups is 1. The van der Waals surface area contributed by atoms with E-state index in [-0.39, 0.29) is 17.2 Å². The number of H-pyrrole nitrogens is 1. The van der Waals surface area contributed by atoms with Crippen LogP contribution < -0.4 is 5.73 Å². The lowest BCUT2D eigenvalue weighted by Gasteiger charge is -2.40. The monoisotopic (exact) mass is 435 g/mol. The Hall–Kier alpha value is -2.67. The summed E-state index contributed by atoms with van der Waals surface area (Å²) < 4.78 is 0. The Morgan fingerprint density at radius 2 is 1.97 bits per heavy atom. The number of nitrogens with one attached hydrogen (secondary N) is 1. The van der Waals surface area contributed by atoms with Crippen LogP contribution in [0.1, 0.15) is 5.56 Å². The van der Waals surface area contributed by atoms with Crippen molar-refractivity contribution in [1.29, 1.82) is 0 Å². The van der Waals surface area contributed by atoms with Gasteiger partial charge >= 0.3 is 0 Å². The maximum absolute atomic E-state index is 11.7. The summed E-state index contributed by atoms with van der Waals surface area (Å²) in [6.45, 7) is 4.99. The van der Waals surface area contributed by atoms with Gasteiger partial charge < -0.3 is 15.6 Å². The third kappa shape index (κ3) is 3.65. The fourth-order valence-electron chi connectivity index (χ4n) is 4.69. The number of likely N-dealkylation sites (N-methyl/N-ethyl adjacent to an activating group) is 1. The summed E-state index contributed by atoms with van der Waals surface area (Å²) in [7, 11) is 2.16. The zero-order chi connectivity index (χ0) is 21.6. The van der Waals surface area contributed by atoms with Gasteiger partial charge in [-0.25, -0.2) is 4.98 Å². The number of nitrogens with zero attached hydrogens (tertiary/aromatic N) is 3. The molecule has 1 aliphatic heterocycles. The first kappa shape index (κ1) is 20.2. The summed E-state index contributed by atoms with van der Waals surface area (Å²) in [4.78, 5) is 24.4. The predicted octanol–water partition coefficient (Wildman–Crippen LogP) is 3.08. The van der Waals surface area contributed by atoms with Gasteiger partial charge in [-0.05, 0) is 30.8 Å². The highest BCUT2D eigenvalue weighted by molar-refractivity contribution is 6.37. The lowest BCUT2D eigenvalue weighted by Crippen LogP contribution is -2.49. The standard InChI is InChI=1S/C24H26ClN5O/c1-29-10-12-30(13-11-29)15-24(7-4-16(5-8-24)22(26)31)17-2-3-20-18(14-17)21-19(25)6-9-27-23(21)28-20/h2-9,14,16H,10-13,15H2,1H3,(H2,26,31)(H,27,28). The minimum atomic E-state index is -0.365. The van der Waals surface area contributed by atoms with E-state index in [2.05, 4.69) is 57.2 Å². The van der Waals surface area contributed by atoms with Gasteiger partial charge in [-0.3, -0.25) is 9.69 Å². The molecular weight excluding hydrogens is 410 g/mol. The molecule has 0 spiro atoms. The van der Waals surface area contributed by atoms with Gasteiger partial charge in [0.15, 0.2) is 0 Å². The third-order valence-corrected chi connectivity index (χ3v) is 6.91. The third-order valence-electron chi connectivity index (χ3n) is 6.59. The fourth-order valence-corrected chi connectivity index (χ4v) is 4.94. The van der Waals surface area contributed by atoms with E-state index in [1.807, 2.05) is 18.2 Å². The second-order valence-electron chi connectivity index (χ2n) is 8.67. The minimum absolute atomic E-state index is 0.328. The number of fused-ring (bicyclic) bond motifs is 3. The number of aromatic amines is 1. The topological polar surface area (TPSA) is 78.2 Å². The molecule has 1 aromatic carbocycles. The van der Waals surface area contributed by atoms with E-state index in [1.165, 1.54) is 0 Å². The second-order valence-corrected chi connectivity index (χ2v) is 9.08. The second kappa shape index (κ2) is 7.79. The van der Waals surface area contributed by atoms with Crippen molar-refractivity contribution >= 4 is 39.4 Å². The number of primary amides is 1. The molecule has 1 amide bonds. The quantitative estimate of drug-likeness (QED) is 0.617. The summed E-state index contributed by atoms with van der Waals surface area (Å²) in [6, 6.07) is 8.27. The Morgan fingerprint density at radius 1 is 1.23 bits per heavy atom. The van der Waals surface area contributed by atoms with Crippen molar-refractivity contribution in [2.75, 3.05) is 39.8 Å². The first-order valence-electron chi connectivity index (χ1n) is 10.6. The van der Waals surface area contributed by atoms with Gasteiger partial charge in [-0.2, -0.15) is 0 Å². The van der Waals surface area contributed by atoms with Crippen LogP contribution in [0.25, 0.3) is 21.9 Å². The smallest absolute Gasteiger partial charge is 0.228 e. The normalized spacial score (nSPS) is 24.9. The zero-order valence-electron chi connectivity index (χ0n) is 17.5. The Morgan fingerprint density at radius 3 is 2.68 bits per heavy atom. The van der Waals surface area contributed by atoms with Crippen molar-refractivity contribution in [3.8, 4) is 0 Å². The van der Waals surface area contributed by atoms with Gasteiger partial charge in [0.1, 0.15) is 5.65 Å². The summed E-state index contributed by atoms with van der Waals surface area (Å²) in [5, 5.41) is 2.68. The van der Waals surface area contributed by atoms with E-state index in [0.717, 1.165) is 60.2 Å². The van der Waals surface area contributed by atoms with Crippen LogP contribution in [0, 0.1) is 5.92 Å². The van der Waals surface area contributed by atoms with Crippen molar-refractivity contribution < 1.29 is 4.79 Å². The number of hydrogen-bond donors (Lipinski definition) is 2. The Labute approximate surface area is 186 Å². The Balaban J connectivity index is 1.60. The van der Waals surface area contributed by atoms with Crippen LogP contribution in [-0.4, -0.2) is 65.4 Å². The van der Waals surface area contributed by atoms with Crippen molar-refractivity contribution in [2.24, 2.45) is 11.7 Å². The molecule has 3 N–H and O–H groups in total. The maximum atomic E-state index is 11.7. The highest BCUT2D eigenvalue weighted by atomic mass is 35.5. The molecule has 2 aliphatic rings. The first-order chi connectivity index (χ1) is 14.9. The average molecular weight is 436 g/mol. The first-order valence-corrected chi connectivity index (χ1v) is 11.0. The minimum Gasteiger partial charge on any atom is -0.369 e.